The molecule has 1 atom stereocenters. The lowest BCUT2D eigenvalue weighted by molar-refractivity contribution is -0.135. The van der Waals surface area contributed by atoms with Gasteiger partial charge in [0, 0.05) is 19.6 Å². The standard InChI is InChI=1S/C24H30N2O2/c1-18-9-11-21(12-10-18)24(2,3)23(28)26-16-14-20(17-26)22(27)25-15-13-19-7-5-4-6-8-19/h4-12,20H,13-17H2,1-3H3,(H,25,27). The van der Waals surface area contributed by atoms with Gasteiger partial charge in [-0.25, -0.2) is 0 Å². The number of aryl methyl sites for hydroxylation is 1. The van der Waals surface area contributed by atoms with Crippen LogP contribution in [0.4, 0.5) is 0 Å². The Hall–Kier alpha value is -2.62. The average molecular weight is 379 g/mol. The molecule has 28 heavy (non-hydrogen) atoms. The van der Waals surface area contributed by atoms with Gasteiger partial charge < -0.3 is 10.2 Å². The predicted octanol–water partition coefficient (Wildman–Crippen LogP) is 3.48. The van der Waals surface area contributed by atoms with Crippen LogP contribution in [0.25, 0.3) is 0 Å². The zero-order valence-corrected chi connectivity index (χ0v) is 17.1. The van der Waals surface area contributed by atoms with Crippen molar-refractivity contribution in [3.63, 3.8) is 0 Å². The smallest absolute Gasteiger partial charge is 0.232 e. The molecule has 1 fully saturated rings. The predicted molar refractivity (Wildman–Crippen MR) is 112 cm³/mol. The van der Waals surface area contributed by atoms with Crippen molar-refractivity contribution >= 4 is 11.8 Å². The third-order valence-corrected chi connectivity index (χ3v) is 5.71. The minimum atomic E-state index is -0.591. The number of hydrogen-bond acceptors (Lipinski definition) is 2. The minimum absolute atomic E-state index is 0.0550. The second-order valence-electron chi connectivity index (χ2n) is 8.25. The fourth-order valence-electron chi connectivity index (χ4n) is 3.77. The first-order chi connectivity index (χ1) is 13.4. The number of rotatable bonds is 6. The Morgan fingerprint density at radius 3 is 2.43 bits per heavy atom. The van der Waals surface area contributed by atoms with Crippen LogP contribution < -0.4 is 5.32 Å². The molecule has 0 saturated carbocycles. The largest absolute Gasteiger partial charge is 0.355 e. The number of nitrogens with zero attached hydrogens (tertiary/aromatic N) is 1. The van der Waals surface area contributed by atoms with Crippen molar-refractivity contribution in [3.05, 3.63) is 71.3 Å². The van der Waals surface area contributed by atoms with E-state index in [9.17, 15) is 9.59 Å². The summed E-state index contributed by atoms with van der Waals surface area (Å²) >= 11 is 0. The first-order valence-corrected chi connectivity index (χ1v) is 10.1. The molecule has 1 aliphatic heterocycles. The van der Waals surface area contributed by atoms with Gasteiger partial charge in [-0.2, -0.15) is 0 Å². The molecule has 4 heteroatoms. The summed E-state index contributed by atoms with van der Waals surface area (Å²) in [5.41, 5.74) is 2.82. The first-order valence-electron chi connectivity index (χ1n) is 10.1. The van der Waals surface area contributed by atoms with Crippen LogP contribution in [0, 0.1) is 12.8 Å². The molecule has 0 radical (unpaired) electrons. The van der Waals surface area contributed by atoms with E-state index in [0.29, 0.717) is 19.6 Å². The van der Waals surface area contributed by atoms with Crippen LogP contribution in [0.2, 0.25) is 0 Å². The normalized spacial score (nSPS) is 16.8. The molecule has 1 saturated heterocycles. The lowest BCUT2D eigenvalue weighted by atomic mass is 9.83. The van der Waals surface area contributed by atoms with Crippen molar-refractivity contribution < 1.29 is 9.59 Å². The molecule has 2 aromatic carbocycles. The number of benzene rings is 2. The van der Waals surface area contributed by atoms with E-state index in [2.05, 4.69) is 17.4 Å². The third-order valence-electron chi connectivity index (χ3n) is 5.71. The molecular formula is C24H30N2O2. The van der Waals surface area contributed by atoms with Crippen molar-refractivity contribution in [2.24, 2.45) is 5.92 Å². The Bertz CT molecular complexity index is 812. The van der Waals surface area contributed by atoms with E-state index in [0.717, 1.165) is 18.4 Å². The van der Waals surface area contributed by atoms with Crippen LogP contribution in [0.15, 0.2) is 54.6 Å². The van der Waals surface area contributed by atoms with Crippen molar-refractivity contribution in [2.75, 3.05) is 19.6 Å². The van der Waals surface area contributed by atoms with Gasteiger partial charge in [-0.05, 0) is 44.7 Å². The maximum Gasteiger partial charge on any atom is 0.232 e. The van der Waals surface area contributed by atoms with Crippen LogP contribution in [0.3, 0.4) is 0 Å². The van der Waals surface area contributed by atoms with Gasteiger partial charge in [-0.1, -0.05) is 60.2 Å². The maximum absolute atomic E-state index is 13.1. The quantitative estimate of drug-likeness (QED) is 0.837. The highest BCUT2D eigenvalue weighted by Crippen LogP contribution is 2.29. The Balaban J connectivity index is 1.53. The van der Waals surface area contributed by atoms with E-state index in [4.69, 9.17) is 0 Å². The number of carbonyl (C=O) groups is 2. The molecule has 2 amide bonds. The van der Waals surface area contributed by atoms with Gasteiger partial charge in [-0.3, -0.25) is 9.59 Å². The van der Waals surface area contributed by atoms with Crippen molar-refractivity contribution in [2.45, 2.75) is 39.0 Å². The summed E-state index contributed by atoms with van der Waals surface area (Å²) in [6, 6.07) is 18.3. The molecule has 148 valence electrons. The summed E-state index contributed by atoms with van der Waals surface area (Å²) in [4.78, 5) is 27.5. The van der Waals surface area contributed by atoms with E-state index >= 15 is 0 Å². The molecule has 1 N–H and O–H groups in total. The summed E-state index contributed by atoms with van der Waals surface area (Å²) in [6.45, 7) is 7.75. The topological polar surface area (TPSA) is 49.4 Å². The molecule has 0 bridgehead atoms. The number of carbonyl (C=O) groups excluding carboxylic acids is 2. The second kappa shape index (κ2) is 8.59. The molecule has 0 aromatic heterocycles. The molecule has 0 spiro atoms. The summed E-state index contributed by atoms with van der Waals surface area (Å²) in [6.07, 6.45) is 1.55. The van der Waals surface area contributed by atoms with E-state index in [1.54, 1.807) is 0 Å². The van der Waals surface area contributed by atoms with Gasteiger partial charge in [0.15, 0.2) is 0 Å². The Kier molecular flexibility index (Phi) is 6.18. The molecular weight excluding hydrogens is 348 g/mol. The molecule has 1 heterocycles. The van der Waals surface area contributed by atoms with Gasteiger partial charge in [0.1, 0.15) is 0 Å². The van der Waals surface area contributed by atoms with E-state index < -0.39 is 5.41 Å². The summed E-state index contributed by atoms with van der Waals surface area (Å²) < 4.78 is 0. The number of hydrogen-bond donors (Lipinski definition) is 1. The van der Waals surface area contributed by atoms with E-state index in [-0.39, 0.29) is 17.7 Å². The number of nitrogens with one attached hydrogen (secondary N) is 1. The molecule has 2 aromatic rings. The Labute approximate surface area is 167 Å². The zero-order valence-electron chi connectivity index (χ0n) is 17.1. The van der Waals surface area contributed by atoms with Gasteiger partial charge in [0.25, 0.3) is 0 Å². The van der Waals surface area contributed by atoms with Crippen LogP contribution in [0.1, 0.15) is 37.0 Å². The minimum Gasteiger partial charge on any atom is -0.355 e. The Morgan fingerprint density at radius 1 is 1.07 bits per heavy atom. The molecule has 3 rings (SSSR count). The Morgan fingerprint density at radius 2 is 1.75 bits per heavy atom. The number of amides is 2. The second-order valence-corrected chi connectivity index (χ2v) is 8.25. The van der Waals surface area contributed by atoms with Gasteiger partial charge in [-0.15, -0.1) is 0 Å². The van der Waals surface area contributed by atoms with Gasteiger partial charge in [0.2, 0.25) is 11.8 Å². The zero-order chi connectivity index (χ0) is 20.1. The molecule has 1 aliphatic rings. The third kappa shape index (κ3) is 4.61. The summed E-state index contributed by atoms with van der Waals surface area (Å²) in [7, 11) is 0. The van der Waals surface area contributed by atoms with Crippen LogP contribution in [-0.4, -0.2) is 36.3 Å². The summed E-state index contributed by atoms with van der Waals surface area (Å²) in [5, 5.41) is 3.03. The van der Waals surface area contributed by atoms with Crippen molar-refractivity contribution in [1.29, 1.82) is 0 Å². The van der Waals surface area contributed by atoms with E-state index in [1.165, 1.54) is 11.1 Å². The highest BCUT2D eigenvalue weighted by atomic mass is 16.2. The lowest BCUT2D eigenvalue weighted by Crippen LogP contribution is -2.43. The van der Waals surface area contributed by atoms with Crippen LogP contribution in [0.5, 0.6) is 0 Å². The SMILES string of the molecule is Cc1ccc(C(C)(C)C(=O)N2CCC(C(=O)NCCc3ccccc3)C2)cc1. The molecule has 1 unspecified atom stereocenters. The van der Waals surface area contributed by atoms with Crippen LogP contribution >= 0.6 is 0 Å². The molecule has 4 nitrogen and oxygen atoms in total. The average Bonchev–Trinajstić information content (AvgIpc) is 3.18. The first kappa shape index (κ1) is 20.1. The summed E-state index contributed by atoms with van der Waals surface area (Å²) in [5.74, 6) is 0.0313. The lowest BCUT2D eigenvalue weighted by Gasteiger charge is -2.30. The van der Waals surface area contributed by atoms with Gasteiger partial charge >= 0.3 is 0 Å². The van der Waals surface area contributed by atoms with Gasteiger partial charge in [0.05, 0.1) is 11.3 Å². The van der Waals surface area contributed by atoms with Crippen LogP contribution in [-0.2, 0) is 21.4 Å². The van der Waals surface area contributed by atoms with Crippen molar-refractivity contribution in [1.82, 2.24) is 10.2 Å². The highest BCUT2D eigenvalue weighted by molar-refractivity contribution is 5.89. The van der Waals surface area contributed by atoms with Crippen molar-refractivity contribution in [3.8, 4) is 0 Å². The highest BCUT2D eigenvalue weighted by Gasteiger charge is 2.38. The monoisotopic (exact) mass is 378 g/mol. The fourth-order valence-corrected chi connectivity index (χ4v) is 3.77. The fraction of sp³-hybridized carbons (Fsp3) is 0.417. The molecule has 0 aliphatic carbocycles. The number of likely N-dealkylation sites (tertiary alicyclic amines) is 1. The maximum atomic E-state index is 13.1. The van der Waals surface area contributed by atoms with E-state index in [1.807, 2.05) is 68.1 Å².